The highest BCUT2D eigenvalue weighted by Crippen LogP contribution is 2.33. The normalized spacial score (nSPS) is 10.3. The minimum atomic E-state index is -0.766. The molecular weight excluding hydrogens is 832 g/mol. The molecule has 284 valence electrons. The second kappa shape index (κ2) is 19.8. The van der Waals surface area contributed by atoms with E-state index < -0.39 is 22.8 Å². The number of nitrogens with two attached hydrogens (primary N) is 1. The SMILES string of the molecule is ClCCl.Nc1ccc(-c2cc3nonc3cc2Cl)cc1.O=C(Cl)c1ccccc1F.O=C(Nc1ccc(-c2cc3nonc3cc2Cl)cc1)c1ccccc1F. The van der Waals surface area contributed by atoms with Crippen molar-refractivity contribution in [3.8, 4) is 22.3 Å². The highest BCUT2D eigenvalue weighted by molar-refractivity contribution is 6.67. The zero-order chi connectivity index (χ0) is 40.2. The average molecular weight is 857 g/mol. The van der Waals surface area contributed by atoms with Crippen molar-refractivity contribution in [1.29, 1.82) is 0 Å². The first-order chi connectivity index (χ1) is 27.0. The van der Waals surface area contributed by atoms with E-state index in [1.165, 1.54) is 36.4 Å². The second-order valence-corrected chi connectivity index (χ2v) is 13.1. The number of benzene rings is 6. The molecule has 0 atom stereocenters. The van der Waals surface area contributed by atoms with Gasteiger partial charge in [0.1, 0.15) is 33.7 Å². The summed E-state index contributed by atoms with van der Waals surface area (Å²) < 4.78 is 35.6. The quantitative estimate of drug-likeness (QED) is 0.0979. The Kier molecular flexibility index (Phi) is 14.7. The molecule has 6 aromatic carbocycles. The predicted octanol–water partition coefficient (Wildman–Crippen LogP) is 11.7. The van der Waals surface area contributed by atoms with Crippen LogP contribution in [0.5, 0.6) is 0 Å². The zero-order valence-corrected chi connectivity index (χ0v) is 32.2. The van der Waals surface area contributed by atoms with Crippen LogP contribution in [0.25, 0.3) is 44.3 Å². The van der Waals surface area contributed by atoms with Crippen molar-refractivity contribution >= 4 is 103 Å². The maximum atomic E-state index is 13.7. The summed E-state index contributed by atoms with van der Waals surface area (Å²) in [6.45, 7) is 0. The van der Waals surface area contributed by atoms with Crippen LogP contribution in [0.4, 0.5) is 20.2 Å². The fourth-order valence-electron chi connectivity index (χ4n) is 4.91. The van der Waals surface area contributed by atoms with Crippen molar-refractivity contribution < 1.29 is 27.6 Å². The molecule has 8 aromatic rings. The lowest BCUT2D eigenvalue weighted by Gasteiger charge is -2.08. The van der Waals surface area contributed by atoms with Crippen LogP contribution in [0.3, 0.4) is 0 Å². The molecule has 0 radical (unpaired) electrons. The van der Waals surface area contributed by atoms with Gasteiger partial charge in [-0.05, 0) is 116 Å². The Morgan fingerprint density at radius 2 is 1.00 bits per heavy atom. The molecule has 0 aliphatic heterocycles. The van der Waals surface area contributed by atoms with E-state index in [0.717, 1.165) is 22.3 Å². The summed E-state index contributed by atoms with van der Waals surface area (Å²) in [5.74, 6) is -1.66. The molecule has 8 rings (SSSR count). The van der Waals surface area contributed by atoms with E-state index in [0.29, 0.717) is 43.5 Å². The van der Waals surface area contributed by atoms with Crippen LogP contribution >= 0.6 is 58.0 Å². The van der Waals surface area contributed by atoms with Crippen LogP contribution < -0.4 is 11.1 Å². The Morgan fingerprint density at radius 3 is 1.41 bits per heavy atom. The number of nitrogen functional groups attached to an aromatic ring is 1. The van der Waals surface area contributed by atoms with Crippen molar-refractivity contribution in [2.75, 3.05) is 16.4 Å². The van der Waals surface area contributed by atoms with Crippen LogP contribution in [0, 0.1) is 11.6 Å². The molecule has 2 heterocycles. The van der Waals surface area contributed by atoms with Crippen LogP contribution in [-0.4, -0.2) is 37.1 Å². The van der Waals surface area contributed by atoms with Crippen molar-refractivity contribution in [3.63, 3.8) is 0 Å². The van der Waals surface area contributed by atoms with Gasteiger partial charge in [0.25, 0.3) is 11.1 Å². The molecule has 0 bridgehead atoms. The minimum absolute atomic E-state index is 0.0106. The van der Waals surface area contributed by atoms with Gasteiger partial charge in [0.2, 0.25) is 0 Å². The molecule has 3 N–H and O–H groups in total. The molecule has 0 saturated heterocycles. The molecule has 17 heteroatoms. The van der Waals surface area contributed by atoms with Crippen molar-refractivity contribution in [2.45, 2.75) is 0 Å². The topological polar surface area (TPSA) is 150 Å². The van der Waals surface area contributed by atoms with Crippen molar-refractivity contribution in [2.24, 2.45) is 0 Å². The first-order valence-electron chi connectivity index (χ1n) is 15.9. The van der Waals surface area contributed by atoms with Crippen LogP contribution in [0.1, 0.15) is 20.7 Å². The van der Waals surface area contributed by atoms with Crippen LogP contribution in [-0.2, 0) is 0 Å². The first-order valence-corrected chi connectivity index (χ1v) is 18.1. The van der Waals surface area contributed by atoms with Gasteiger partial charge < -0.3 is 11.1 Å². The van der Waals surface area contributed by atoms with E-state index >= 15 is 0 Å². The highest BCUT2D eigenvalue weighted by atomic mass is 35.5. The number of hydrogen-bond acceptors (Lipinski definition) is 9. The number of fused-ring (bicyclic) bond motifs is 2. The van der Waals surface area contributed by atoms with E-state index in [1.807, 2.05) is 30.3 Å². The molecule has 0 aliphatic rings. The number of hydrogen-bond donors (Lipinski definition) is 2. The zero-order valence-electron chi connectivity index (χ0n) is 28.4. The summed E-state index contributed by atoms with van der Waals surface area (Å²) in [7, 11) is 0. The fourth-order valence-corrected chi connectivity index (χ4v) is 5.60. The summed E-state index contributed by atoms with van der Waals surface area (Å²) in [5.41, 5.74) is 12.8. The summed E-state index contributed by atoms with van der Waals surface area (Å²) in [5, 5.41) is 18.3. The number of aromatic nitrogens is 4. The number of alkyl halides is 2. The maximum absolute atomic E-state index is 13.7. The number of halogens is 7. The monoisotopic (exact) mass is 854 g/mol. The summed E-state index contributed by atoms with van der Waals surface area (Å²) >= 11 is 27.0. The van der Waals surface area contributed by atoms with E-state index in [1.54, 1.807) is 54.6 Å². The fraction of sp³-hybridized carbons (Fsp3) is 0.0256. The van der Waals surface area contributed by atoms with E-state index in [4.69, 9.17) is 63.7 Å². The van der Waals surface area contributed by atoms with Crippen LogP contribution in [0.15, 0.2) is 131 Å². The van der Waals surface area contributed by atoms with Gasteiger partial charge in [-0.15, -0.1) is 23.2 Å². The number of amides is 1. The third-order valence-electron chi connectivity index (χ3n) is 7.56. The maximum Gasteiger partial charge on any atom is 0.258 e. The molecule has 0 unspecified atom stereocenters. The molecule has 10 nitrogen and oxygen atoms in total. The standard InChI is InChI=1S/C19H11ClFN3O2.C12H8ClN3O.C7H4ClFO.CH2Cl2/c20-15-10-18-17(23-26-24-18)9-14(15)11-5-7-12(8-6-11)22-19(25)13-3-1-2-4-16(13)21;13-10-6-12-11(15-17-16-12)5-9(10)7-1-3-8(14)4-2-7;8-7(10)5-3-1-2-4-6(5)9;2-1-3/h1-10H,(H,22,25);1-6H,14H2;1-4H;1H2. The van der Waals surface area contributed by atoms with Gasteiger partial charge in [-0.25, -0.2) is 18.0 Å². The van der Waals surface area contributed by atoms with E-state index in [-0.39, 0.29) is 16.5 Å². The number of nitrogens with zero attached hydrogens (tertiary/aromatic N) is 4. The number of carbonyl (C=O) groups excluding carboxylic acids is 2. The number of carbonyl (C=O) groups is 2. The van der Waals surface area contributed by atoms with Crippen LogP contribution in [0.2, 0.25) is 10.0 Å². The van der Waals surface area contributed by atoms with E-state index in [2.05, 4.69) is 35.2 Å². The Bertz CT molecular complexity index is 2590. The molecule has 56 heavy (non-hydrogen) atoms. The third kappa shape index (κ3) is 10.8. The smallest absolute Gasteiger partial charge is 0.258 e. The molecule has 1 amide bonds. The lowest BCUT2D eigenvalue weighted by Crippen LogP contribution is -2.13. The molecule has 0 spiro atoms. The Morgan fingerprint density at radius 1 is 0.607 bits per heavy atom. The first kappa shape index (κ1) is 41.5. The number of rotatable bonds is 5. The van der Waals surface area contributed by atoms with Gasteiger partial charge in [-0.3, -0.25) is 9.59 Å². The summed E-state index contributed by atoms with van der Waals surface area (Å²) in [4.78, 5) is 22.6. The Labute approximate surface area is 342 Å². The summed E-state index contributed by atoms with van der Waals surface area (Å²) in [6.07, 6.45) is 0. The lowest BCUT2D eigenvalue weighted by molar-refractivity contribution is 0.102. The molecular formula is C39H25Cl5F2N6O4. The van der Waals surface area contributed by atoms with Gasteiger partial charge in [-0.1, -0.05) is 71.7 Å². The average Bonchev–Trinajstić information content (AvgIpc) is 3.85. The molecule has 0 aliphatic carbocycles. The lowest BCUT2D eigenvalue weighted by atomic mass is 10.0. The Balaban J connectivity index is 0.000000171. The van der Waals surface area contributed by atoms with Gasteiger partial charge in [0, 0.05) is 22.5 Å². The summed E-state index contributed by atoms with van der Waals surface area (Å²) in [6, 6.07) is 33.0. The minimum Gasteiger partial charge on any atom is -0.399 e. The van der Waals surface area contributed by atoms with Gasteiger partial charge in [-0.2, -0.15) is 0 Å². The Hall–Kier alpha value is -5.63. The van der Waals surface area contributed by atoms with Crippen molar-refractivity contribution in [1.82, 2.24) is 20.6 Å². The number of anilines is 2. The molecule has 0 saturated carbocycles. The predicted molar refractivity (Wildman–Crippen MR) is 216 cm³/mol. The van der Waals surface area contributed by atoms with Gasteiger partial charge in [0.05, 0.1) is 26.5 Å². The molecule has 0 fully saturated rings. The van der Waals surface area contributed by atoms with Gasteiger partial charge >= 0.3 is 0 Å². The third-order valence-corrected chi connectivity index (χ3v) is 8.39. The van der Waals surface area contributed by atoms with Gasteiger partial charge in [0.15, 0.2) is 0 Å². The second-order valence-electron chi connectivity index (χ2n) is 11.2. The number of nitrogens with one attached hydrogen (secondary N) is 1. The highest BCUT2D eigenvalue weighted by Gasteiger charge is 2.13. The largest absolute Gasteiger partial charge is 0.399 e. The van der Waals surface area contributed by atoms with E-state index in [9.17, 15) is 18.4 Å². The molecule has 2 aromatic heterocycles. The van der Waals surface area contributed by atoms with Crippen molar-refractivity contribution in [3.05, 3.63) is 154 Å².